The summed E-state index contributed by atoms with van der Waals surface area (Å²) in [5.74, 6) is 0.921. The van der Waals surface area contributed by atoms with Crippen LogP contribution in [0.1, 0.15) is 13.2 Å². The lowest BCUT2D eigenvalue weighted by Gasteiger charge is -2.25. The van der Waals surface area contributed by atoms with E-state index in [1.165, 1.54) is 17.8 Å². The molecule has 12 heteroatoms. The second kappa shape index (κ2) is 6.91. The summed E-state index contributed by atoms with van der Waals surface area (Å²) in [4.78, 5) is 22.7. The van der Waals surface area contributed by atoms with E-state index in [1.807, 2.05) is 0 Å². The lowest BCUT2D eigenvalue weighted by molar-refractivity contribution is -0.154. The van der Waals surface area contributed by atoms with Crippen LogP contribution in [0, 0.1) is 12.3 Å². The number of nitrogen functional groups attached to an aromatic ring is 1. The molecule has 1 fully saturated rings. The van der Waals surface area contributed by atoms with Gasteiger partial charge >= 0.3 is 5.97 Å². The summed E-state index contributed by atoms with van der Waals surface area (Å²) in [5.41, 5.74) is 3.99. The minimum absolute atomic E-state index is 0.0265. The van der Waals surface area contributed by atoms with Crippen molar-refractivity contribution < 1.29 is 29.6 Å². The fourth-order valence-corrected chi connectivity index (χ4v) is 2.89. The maximum atomic E-state index is 10.9. The number of ether oxygens (including phenoxy) is 2. The van der Waals surface area contributed by atoms with Crippen molar-refractivity contribution in [1.29, 1.82) is 0 Å². The lowest BCUT2D eigenvalue weighted by Crippen LogP contribution is -2.48. The number of aliphatic hydroxyl groups is 2. The third-order valence-corrected chi connectivity index (χ3v) is 4.46. The van der Waals surface area contributed by atoms with Crippen LogP contribution in [0.5, 0.6) is 0 Å². The number of aliphatic carboxylic acids is 1. The van der Waals surface area contributed by atoms with Crippen molar-refractivity contribution in [2.75, 3.05) is 12.3 Å². The topological polar surface area (TPSA) is 166 Å². The molecular weight excluding hydrogens is 382 g/mol. The first-order valence-electron chi connectivity index (χ1n) is 7.72. The average molecular weight is 398 g/mol. The van der Waals surface area contributed by atoms with Gasteiger partial charge in [0.2, 0.25) is 5.28 Å². The maximum Gasteiger partial charge on any atom is 0.332 e. The van der Waals surface area contributed by atoms with Crippen LogP contribution in [0.15, 0.2) is 6.33 Å². The van der Waals surface area contributed by atoms with Gasteiger partial charge in [0.15, 0.2) is 29.4 Å². The van der Waals surface area contributed by atoms with Gasteiger partial charge in [0.05, 0.1) is 12.9 Å². The van der Waals surface area contributed by atoms with Gasteiger partial charge in [0.25, 0.3) is 0 Å². The van der Waals surface area contributed by atoms with Gasteiger partial charge in [-0.25, -0.2) is 9.78 Å². The van der Waals surface area contributed by atoms with Crippen molar-refractivity contribution in [2.24, 2.45) is 0 Å². The van der Waals surface area contributed by atoms with Gasteiger partial charge < -0.3 is 30.5 Å². The number of anilines is 1. The van der Waals surface area contributed by atoms with E-state index in [4.69, 9.17) is 38.3 Å². The fraction of sp³-hybridized carbons (Fsp3) is 0.467. The second-order valence-corrected chi connectivity index (χ2v) is 6.28. The zero-order valence-corrected chi connectivity index (χ0v) is 14.7. The molecule has 1 saturated heterocycles. The molecule has 5 atom stereocenters. The summed E-state index contributed by atoms with van der Waals surface area (Å²) >= 11 is 5.82. The van der Waals surface area contributed by atoms with Crippen molar-refractivity contribution >= 4 is 34.6 Å². The summed E-state index contributed by atoms with van der Waals surface area (Å²) in [7, 11) is 0. The second-order valence-electron chi connectivity index (χ2n) is 5.95. The van der Waals surface area contributed by atoms with Crippen LogP contribution in [0.2, 0.25) is 5.28 Å². The Bertz CT molecular complexity index is 929. The van der Waals surface area contributed by atoms with Crippen molar-refractivity contribution in [3.8, 4) is 12.3 Å². The van der Waals surface area contributed by atoms with Crippen LogP contribution in [0.25, 0.3) is 11.2 Å². The first-order valence-corrected chi connectivity index (χ1v) is 8.10. The number of terminal acetylenes is 1. The average Bonchev–Trinajstić information content (AvgIpc) is 3.13. The van der Waals surface area contributed by atoms with E-state index in [0.29, 0.717) is 0 Å². The number of carboxylic acid groups (broad SMARTS) is 1. The molecule has 2 aromatic heterocycles. The Hall–Kier alpha value is -2.49. The van der Waals surface area contributed by atoms with Gasteiger partial charge in [-0.2, -0.15) is 9.97 Å². The van der Waals surface area contributed by atoms with Crippen LogP contribution in [-0.4, -0.2) is 71.3 Å². The highest BCUT2D eigenvalue weighted by Gasteiger charge is 2.55. The molecule has 2 aromatic rings. The maximum absolute atomic E-state index is 10.9. The molecule has 0 spiro atoms. The molecule has 0 saturated carbocycles. The Morgan fingerprint density at radius 3 is 2.96 bits per heavy atom. The van der Waals surface area contributed by atoms with Crippen LogP contribution in [0.3, 0.4) is 0 Å². The fourth-order valence-electron chi connectivity index (χ4n) is 2.72. The Morgan fingerprint density at radius 2 is 2.33 bits per heavy atom. The molecule has 1 aliphatic rings. The van der Waals surface area contributed by atoms with E-state index < -0.39 is 36.1 Å². The summed E-state index contributed by atoms with van der Waals surface area (Å²) in [5, 5.41) is 30.0. The van der Waals surface area contributed by atoms with Gasteiger partial charge in [-0.1, -0.05) is 5.92 Å². The van der Waals surface area contributed by atoms with Crippen LogP contribution >= 0.6 is 11.6 Å². The summed E-state index contributed by atoms with van der Waals surface area (Å²) in [6.45, 7) is 0.942. The molecule has 0 amide bonds. The molecule has 0 aromatic carbocycles. The van der Waals surface area contributed by atoms with Crippen molar-refractivity contribution in [1.82, 2.24) is 19.5 Å². The van der Waals surface area contributed by atoms with Crippen LogP contribution in [0.4, 0.5) is 5.82 Å². The van der Waals surface area contributed by atoms with Crippen LogP contribution < -0.4 is 5.73 Å². The molecular formula is C15H16ClN5O6. The number of aliphatic hydroxyl groups excluding tert-OH is 1. The number of carboxylic acids is 1. The number of nitrogens with zero attached hydrogens (tertiary/aromatic N) is 4. The zero-order valence-electron chi connectivity index (χ0n) is 14.0. The molecule has 0 bridgehead atoms. The molecule has 1 aliphatic heterocycles. The molecule has 0 aliphatic carbocycles. The number of fused-ring (bicyclic) bond motifs is 1. The molecule has 144 valence electrons. The largest absolute Gasteiger partial charge is 0.479 e. The lowest BCUT2D eigenvalue weighted by atomic mass is 9.93. The monoisotopic (exact) mass is 397 g/mol. The predicted molar refractivity (Wildman–Crippen MR) is 91.5 cm³/mol. The van der Waals surface area contributed by atoms with Gasteiger partial charge in [0, 0.05) is 0 Å². The number of nitrogens with two attached hydrogens (primary N) is 1. The van der Waals surface area contributed by atoms with E-state index >= 15 is 0 Å². The van der Waals surface area contributed by atoms with E-state index in [0.717, 1.165) is 0 Å². The number of aromatic nitrogens is 4. The number of rotatable bonds is 5. The Balaban J connectivity index is 1.94. The number of halogens is 1. The quantitative estimate of drug-likeness (QED) is 0.369. The Morgan fingerprint density at radius 1 is 1.63 bits per heavy atom. The zero-order chi connectivity index (χ0) is 19.9. The van der Waals surface area contributed by atoms with Gasteiger partial charge in [-0.05, 0) is 18.5 Å². The highest BCUT2D eigenvalue weighted by atomic mass is 35.5. The van der Waals surface area contributed by atoms with Gasteiger partial charge in [-0.3, -0.25) is 4.57 Å². The number of hydrogen-bond acceptors (Lipinski definition) is 9. The van der Waals surface area contributed by atoms with Crippen molar-refractivity contribution in [2.45, 2.75) is 37.1 Å². The van der Waals surface area contributed by atoms with E-state index in [9.17, 15) is 15.0 Å². The van der Waals surface area contributed by atoms with Gasteiger partial charge in [-0.15, -0.1) is 6.42 Å². The minimum atomic E-state index is -2.14. The first kappa shape index (κ1) is 19.3. The molecule has 0 radical (unpaired) electrons. The normalized spacial score (nSPS) is 28.9. The molecule has 27 heavy (non-hydrogen) atoms. The molecule has 3 rings (SSSR count). The van der Waals surface area contributed by atoms with E-state index in [1.54, 1.807) is 0 Å². The smallest absolute Gasteiger partial charge is 0.332 e. The minimum Gasteiger partial charge on any atom is -0.479 e. The first-order chi connectivity index (χ1) is 12.7. The highest BCUT2D eigenvalue weighted by molar-refractivity contribution is 6.28. The standard InChI is InChI=1S/C15H16ClN5O6/c1-3-15(25)7(4-26-6(2)13(23)24)27-12(9(15)22)21-5-18-8-10(17)19-14(16)20-11(8)21/h1,5-7,9,12,22,25H,4H2,2H3,(H,23,24)(H2,17,19,20)/t6?,7-,9+,12-,15-/m1/s1. The summed E-state index contributed by atoms with van der Waals surface area (Å²) in [6, 6.07) is 0. The summed E-state index contributed by atoms with van der Waals surface area (Å²) in [6.07, 6.45) is 1.50. The SMILES string of the molecule is C#C[C@@]1(O)[C@@H](COC(C)C(=O)O)O[C@@H](n2cnc3c(N)nc(Cl)nc32)[C@@H]1O. The van der Waals surface area contributed by atoms with E-state index in [-0.39, 0.29) is 28.9 Å². The summed E-state index contributed by atoms with van der Waals surface area (Å²) < 4.78 is 12.1. The number of imidazole rings is 1. The third-order valence-electron chi connectivity index (χ3n) is 4.29. The number of hydrogen-bond donors (Lipinski definition) is 4. The van der Waals surface area contributed by atoms with Crippen molar-refractivity contribution in [3.05, 3.63) is 11.6 Å². The molecule has 1 unspecified atom stereocenters. The Kier molecular flexibility index (Phi) is 4.94. The predicted octanol–water partition coefficient (Wildman–Crippen LogP) is -0.826. The van der Waals surface area contributed by atoms with Crippen LogP contribution in [-0.2, 0) is 14.3 Å². The molecule has 11 nitrogen and oxygen atoms in total. The Labute approximate surface area is 157 Å². The van der Waals surface area contributed by atoms with Gasteiger partial charge in [0.1, 0.15) is 17.7 Å². The highest BCUT2D eigenvalue weighted by Crippen LogP contribution is 2.38. The third kappa shape index (κ3) is 3.18. The van der Waals surface area contributed by atoms with Crippen molar-refractivity contribution in [3.63, 3.8) is 0 Å². The molecule has 3 heterocycles. The van der Waals surface area contributed by atoms with E-state index in [2.05, 4.69) is 20.9 Å². The molecule has 5 N–H and O–H groups in total. The number of carbonyl (C=O) groups is 1.